The van der Waals surface area contributed by atoms with Gasteiger partial charge in [0.1, 0.15) is 11.6 Å². The summed E-state index contributed by atoms with van der Waals surface area (Å²) in [5.74, 6) is -1.80. The molecule has 0 radical (unpaired) electrons. The van der Waals surface area contributed by atoms with Gasteiger partial charge in [0.05, 0.1) is 12.0 Å². The second kappa shape index (κ2) is 13.1. The molecule has 2 fully saturated rings. The van der Waals surface area contributed by atoms with E-state index in [1.165, 1.54) is 12.1 Å². The molecule has 2 amide bonds. The SMILES string of the molecule is CCCCN1CC(C(=O)N[C@@H](Cc2cc(F)cc(F)c2)C[C@H]2C[C@@H](OCCC)CCN2)CC1=O. The maximum Gasteiger partial charge on any atom is 0.225 e. The van der Waals surface area contributed by atoms with Gasteiger partial charge in [-0.25, -0.2) is 8.78 Å². The molecule has 1 aromatic rings. The average Bonchev–Trinajstić information content (AvgIpc) is 3.16. The molecule has 8 heteroatoms. The minimum Gasteiger partial charge on any atom is -0.378 e. The van der Waals surface area contributed by atoms with Crippen LogP contribution >= 0.6 is 0 Å². The molecule has 0 aliphatic carbocycles. The van der Waals surface area contributed by atoms with Gasteiger partial charge in [-0.2, -0.15) is 0 Å². The van der Waals surface area contributed by atoms with Crippen LogP contribution in [0.15, 0.2) is 18.2 Å². The van der Waals surface area contributed by atoms with Crippen LogP contribution in [0.2, 0.25) is 0 Å². The minimum atomic E-state index is -0.628. The standard InChI is InChI=1S/C26H39F2N3O3/c1-3-5-8-31-17-19(13-25(31)32)26(33)30-23(12-18-10-20(27)14-21(28)11-18)15-22-16-24(6-7-29-22)34-9-4-2/h10-11,14,19,22-24,29H,3-9,12-13,15-17H2,1-2H3,(H,30,33)/t19?,22-,23-,24-/m0/s1. The van der Waals surface area contributed by atoms with E-state index in [4.69, 9.17) is 4.74 Å². The Kier molecular flexibility index (Phi) is 10.3. The molecule has 2 N–H and O–H groups in total. The highest BCUT2D eigenvalue weighted by Crippen LogP contribution is 2.22. The fourth-order valence-corrected chi connectivity index (χ4v) is 4.96. The van der Waals surface area contributed by atoms with E-state index in [9.17, 15) is 18.4 Å². The summed E-state index contributed by atoms with van der Waals surface area (Å²) in [6.07, 6.45) is 5.98. The fraction of sp³-hybridized carbons (Fsp3) is 0.692. The first kappa shape index (κ1) is 26.5. The molecule has 6 nitrogen and oxygen atoms in total. The largest absolute Gasteiger partial charge is 0.378 e. The number of unbranched alkanes of at least 4 members (excludes halogenated alkanes) is 1. The van der Waals surface area contributed by atoms with Crippen molar-refractivity contribution in [1.29, 1.82) is 0 Å². The molecule has 2 saturated heterocycles. The fourth-order valence-electron chi connectivity index (χ4n) is 4.96. The minimum absolute atomic E-state index is 0.0159. The zero-order valence-electron chi connectivity index (χ0n) is 20.5. The molecule has 0 aromatic heterocycles. The van der Waals surface area contributed by atoms with Crippen LogP contribution < -0.4 is 10.6 Å². The van der Waals surface area contributed by atoms with Crippen LogP contribution in [0.5, 0.6) is 0 Å². The lowest BCUT2D eigenvalue weighted by Crippen LogP contribution is -2.48. The molecule has 0 bridgehead atoms. The highest BCUT2D eigenvalue weighted by atomic mass is 19.1. The summed E-state index contributed by atoms with van der Waals surface area (Å²) in [7, 11) is 0. The number of halogens is 2. The van der Waals surface area contributed by atoms with Crippen LogP contribution in [-0.2, 0) is 20.7 Å². The van der Waals surface area contributed by atoms with Gasteiger partial charge in [-0.05, 0) is 62.8 Å². The van der Waals surface area contributed by atoms with E-state index in [1.807, 2.05) is 0 Å². The van der Waals surface area contributed by atoms with Gasteiger partial charge in [0.25, 0.3) is 0 Å². The maximum absolute atomic E-state index is 13.8. The monoisotopic (exact) mass is 479 g/mol. The van der Waals surface area contributed by atoms with Crippen LogP contribution in [0.3, 0.4) is 0 Å². The quantitative estimate of drug-likeness (QED) is 0.481. The van der Waals surface area contributed by atoms with Gasteiger partial charge in [-0.15, -0.1) is 0 Å². The molecule has 2 heterocycles. The van der Waals surface area contributed by atoms with Crippen LogP contribution in [-0.4, -0.2) is 61.1 Å². The van der Waals surface area contributed by atoms with Crippen LogP contribution in [0.1, 0.15) is 64.4 Å². The molecule has 34 heavy (non-hydrogen) atoms. The van der Waals surface area contributed by atoms with Gasteiger partial charge >= 0.3 is 0 Å². The van der Waals surface area contributed by atoms with E-state index in [-0.39, 0.29) is 36.4 Å². The van der Waals surface area contributed by atoms with Crippen molar-refractivity contribution in [2.45, 2.75) is 83.4 Å². The number of carbonyl (C=O) groups is 2. The number of benzene rings is 1. The van der Waals surface area contributed by atoms with Gasteiger partial charge in [0.15, 0.2) is 0 Å². The summed E-state index contributed by atoms with van der Waals surface area (Å²) >= 11 is 0. The van der Waals surface area contributed by atoms with Crippen molar-refractivity contribution in [3.63, 3.8) is 0 Å². The van der Waals surface area contributed by atoms with E-state index < -0.39 is 17.6 Å². The number of piperidine rings is 1. The van der Waals surface area contributed by atoms with Crippen LogP contribution in [0.25, 0.3) is 0 Å². The predicted molar refractivity (Wildman–Crippen MR) is 127 cm³/mol. The van der Waals surface area contributed by atoms with Gasteiger partial charge in [0.2, 0.25) is 11.8 Å². The van der Waals surface area contributed by atoms with Gasteiger partial charge in [0, 0.05) is 44.3 Å². The third-order valence-electron chi connectivity index (χ3n) is 6.69. The Bertz CT molecular complexity index is 802. The Morgan fingerprint density at radius 1 is 1.24 bits per heavy atom. The van der Waals surface area contributed by atoms with Crippen molar-refractivity contribution in [2.75, 3.05) is 26.2 Å². The predicted octanol–water partition coefficient (Wildman–Crippen LogP) is 3.58. The number of nitrogens with zero attached hydrogens (tertiary/aromatic N) is 1. The second-order valence-corrected chi connectivity index (χ2v) is 9.69. The first-order valence-corrected chi connectivity index (χ1v) is 12.8. The molecule has 1 unspecified atom stereocenters. The summed E-state index contributed by atoms with van der Waals surface area (Å²) in [6, 6.07) is 3.30. The molecular formula is C26H39F2N3O3. The Balaban J connectivity index is 1.66. The Morgan fingerprint density at radius 3 is 2.71 bits per heavy atom. The van der Waals surface area contributed by atoms with E-state index in [1.54, 1.807) is 4.90 Å². The van der Waals surface area contributed by atoms with Crippen molar-refractivity contribution >= 4 is 11.8 Å². The summed E-state index contributed by atoms with van der Waals surface area (Å²) in [5.41, 5.74) is 0.504. The number of hydrogen-bond donors (Lipinski definition) is 2. The van der Waals surface area contributed by atoms with E-state index >= 15 is 0 Å². The van der Waals surface area contributed by atoms with E-state index in [2.05, 4.69) is 24.5 Å². The van der Waals surface area contributed by atoms with Crippen LogP contribution in [0.4, 0.5) is 8.78 Å². The van der Waals surface area contributed by atoms with Gasteiger partial charge in [-0.1, -0.05) is 20.3 Å². The number of likely N-dealkylation sites (tertiary alicyclic amines) is 1. The molecule has 2 aliphatic heterocycles. The van der Waals surface area contributed by atoms with E-state index in [0.717, 1.165) is 51.3 Å². The molecule has 1 aromatic carbocycles. The lowest BCUT2D eigenvalue weighted by atomic mass is 9.92. The zero-order valence-corrected chi connectivity index (χ0v) is 20.5. The lowest BCUT2D eigenvalue weighted by molar-refractivity contribution is -0.129. The first-order valence-electron chi connectivity index (χ1n) is 12.8. The van der Waals surface area contributed by atoms with Crippen molar-refractivity contribution in [3.8, 4) is 0 Å². The third-order valence-corrected chi connectivity index (χ3v) is 6.69. The Hall–Kier alpha value is -2.06. The molecule has 3 rings (SSSR count). The number of hydrogen-bond acceptors (Lipinski definition) is 4. The number of ether oxygens (including phenoxy) is 1. The first-order chi connectivity index (χ1) is 16.4. The third kappa shape index (κ3) is 8.01. The summed E-state index contributed by atoms with van der Waals surface area (Å²) in [6.45, 7) is 6.82. The smallest absolute Gasteiger partial charge is 0.225 e. The Morgan fingerprint density at radius 2 is 2.00 bits per heavy atom. The number of amides is 2. The molecule has 190 valence electrons. The van der Waals surface area contributed by atoms with Crippen molar-refractivity contribution in [1.82, 2.24) is 15.5 Å². The molecule has 4 atom stereocenters. The van der Waals surface area contributed by atoms with E-state index in [0.29, 0.717) is 31.5 Å². The highest BCUT2D eigenvalue weighted by molar-refractivity contribution is 5.89. The second-order valence-electron chi connectivity index (χ2n) is 9.69. The number of rotatable bonds is 12. The summed E-state index contributed by atoms with van der Waals surface area (Å²) in [4.78, 5) is 27.2. The summed E-state index contributed by atoms with van der Waals surface area (Å²) < 4.78 is 33.5. The molecular weight excluding hydrogens is 440 g/mol. The van der Waals surface area contributed by atoms with Gasteiger partial charge < -0.3 is 20.3 Å². The van der Waals surface area contributed by atoms with Crippen molar-refractivity contribution in [2.24, 2.45) is 5.92 Å². The lowest BCUT2D eigenvalue weighted by Gasteiger charge is -2.33. The Labute approximate surface area is 201 Å². The maximum atomic E-state index is 13.8. The molecule has 0 saturated carbocycles. The topological polar surface area (TPSA) is 70.7 Å². The summed E-state index contributed by atoms with van der Waals surface area (Å²) in [5, 5.41) is 6.61. The van der Waals surface area contributed by atoms with Gasteiger partial charge in [-0.3, -0.25) is 9.59 Å². The highest BCUT2D eigenvalue weighted by Gasteiger charge is 2.35. The number of nitrogens with one attached hydrogen (secondary N) is 2. The normalized spacial score (nSPS) is 23.8. The van der Waals surface area contributed by atoms with Crippen molar-refractivity contribution in [3.05, 3.63) is 35.4 Å². The van der Waals surface area contributed by atoms with Crippen molar-refractivity contribution < 1.29 is 23.1 Å². The molecule has 2 aliphatic rings. The average molecular weight is 480 g/mol. The number of carbonyl (C=O) groups excluding carboxylic acids is 2. The molecule has 0 spiro atoms. The van der Waals surface area contributed by atoms with Crippen LogP contribution in [0, 0.1) is 17.6 Å². The zero-order chi connectivity index (χ0) is 24.5.